The van der Waals surface area contributed by atoms with Crippen molar-refractivity contribution in [3.8, 4) is 0 Å². The lowest BCUT2D eigenvalue weighted by Gasteiger charge is -2.37. The van der Waals surface area contributed by atoms with Gasteiger partial charge in [0.15, 0.2) is 0 Å². The van der Waals surface area contributed by atoms with Gasteiger partial charge in [0.25, 0.3) is 0 Å². The van der Waals surface area contributed by atoms with Crippen molar-refractivity contribution in [3.05, 3.63) is 30.1 Å². The summed E-state index contributed by atoms with van der Waals surface area (Å²) in [5, 5.41) is 3.19. The van der Waals surface area contributed by atoms with Gasteiger partial charge in [-0.15, -0.1) is 0 Å². The second-order valence-corrected chi connectivity index (χ2v) is 6.73. The molecule has 1 aromatic rings. The van der Waals surface area contributed by atoms with Crippen molar-refractivity contribution in [1.29, 1.82) is 0 Å². The second kappa shape index (κ2) is 8.44. The van der Waals surface area contributed by atoms with Crippen molar-refractivity contribution < 1.29 is 9.53 Å². The fraction of sp³-hybridized carbons (Fsp3) is 0.667. The molecule has 1 saturated heterocycles. The number of hydrogen-bond donors (Lipinski definition) is 1. The van der Waals surface area contributed by atoms with Crippen LogP contribution in [0.25, 0.3) is 0 Å². The highest BCUT2D eigenvalue weighted by Crippen LogP contribution is 2.21. The van der Waals surface area contributed by atoms with Gasteiger partial charge in [-0.2, -0.15) is 0 Å². The molecule has 0 bridgehead atoms. The largest absolute Gasteiger partial charge is 0.379 e. The van der Waals surface area contributed by atoms with Crippen molar-refractivity contribution in [1.82, 2.24) is 20.1 Å². The summed E-state index contributed by atoms with van der Waals surface area (Å²) in [5.74, 6) is 0. The van der Waals surface area contributed by atoms with E-state index in [0.717, 1.165) is 45.6 Å². The van der Waals surface area contributed by atoms with Crippen LogP contribution >= 0.6 is 0 Å². The number of urea groups is 1. The molecule has 2 atom stereocenters. The zero-order valence-corrected chi connectivity index (χ0v) is 14.5. The molecule has 0 spiro atoms. The molecule has 0 radical (unpaired) electrons. The SMILES string of the molecule is CO[C@H]1CCCC[C@H]1NC(=O)N1CCN(Cc2ccncc2)CC1. The van der Waals surface area contributed by atoms with Gasteiger partial charge in [0.05, 0.1) is 12.1 Å². The van der Waals surface area contributed by atoms with Gasteiger partial charge in [0, 0.05) is 52.2 Å². The van der Waals surface area contributed by atoms with Gasteiger partial charge in [-0.3, -0.25) is 9.88 Å². The van der Waals surface area contributed by atoms with E-state index in [-0.39, 0.29) is 18.2 Å². The van der Waals surface area contributed by atoms with Crippen LogP contribution < -0.4 is 5.32 Å². The Hall–Kier alpha value is -1.66. The summed E-state index contributed by atoms with van der Waals surface area (Å²) < 4.78 is 5.53. The molecule has 1 aromatic heterocycles. The lowest BCUT2D eigenvalue weighted by atomic mass is 9.92. The summed E-state index contributed by atoms with van der Waals surface area (Å²) in [4.78, 5) is 20.9. The molecule has 2 amide bonds. The molecule has 6 nitrogen and oxygen atoms in total. The van der Waals surface area contributed by atoms with E-state index >= 15 is 0 Å². The number of rotatable bonds is 4. The number of aromatic nitrogens is 1. The molecule has 6 heteroatoms. The zero-order chi connectivity index (χ0) is 16.8. The van der Waals surface area contributed by atoms with E-state index in [1.807, 2.05) is 29.4 Å². The molecular weight excluding hydrogens is 304 g/mol. The molecule has 1 aliphatic carbocycles. The monoisotopic (exact) mass is 332 g/mol. The molecule has 2 fully saturated rings. The number of pyridine rings is 1. The number of nitrogens with one attached hydrogen (secondary N) is 1. The Bertz CT molecular complexity index is 517. The fourth-order valence-electron chi connectivity index (χ4n) is 3.65. The van der Waals surface area contributed by atoms with Crippen molar-refractivity contribution in [2.75, 3.05) is 33.3 Å². The summed E-state index contributed by atoms with van der Waals surface area (Å²) in [6.07, 6.45) is 8.25. The van der Waals surface area contributed by atoms with Gasteiger partial charge in [0.2, 0.25) is 0 Å². The molecule has 2 aliphatic rings. The number of carbonyl (C=O) groups is 1. The van der Waals surface area contributed by atoms with Crippen LogP contribution in [0.15, 0.2) is 24.5 Å². The highest BCUT2D eigenvalue weighted by Gasteiger charge is 2.29. The van der Waals surface area contributed by atoms with E-state index in [9.17, 15) is 4.79 Å². The quantitative estimate of drug-likeness (QED) is 0.914. The van der Waals surface area contributed by atoms with Crippen LogP contribution in [0, 0.1) is 0 Å². The normalized spacial score (nSPS) is 25.5. The smallest absolute Gasteiger partial charge is 0.317 e. The first kappa shape index (κ1) is 17.2. The third-order valence-corrected chi connectivity index (χ3v) is 5.13. The summed E-state index contributed by atoms with van der Waals surface area (Å²) >= 11 is 0. The van der Waals surface area contributed by atoms with Gasteiger partial charge in [0.1, 0.15) is 0 Å². The predicted octanol–water partition coefficient (Wildman–Crippen LogP) is 1.87. The number of hydrogen-bond acceptors (Lipinski definition) is 4. The summed E-state index contributed by atoms with van der Waals surface area (Å²) in [6, 6.07) is 4.32. The molecule has 24 heavy (non-hydrogen) atoms. The lowest BCUT2D eigenvalue weighted by Crippen LogP contribution is -2.55. The highest BCUT2D eigenvalue weighted by molar-refractivity contribution is 5.74. The molecule has 2 heterocycles. The van der Waals surface area contributed by atoms with Crippen LogP contribution in [0.3, 0.4) is 0 Å². The molecule has 132 valence electrons. The van der Waals surface area contributed by atoms with Gasteiger partial charge >= 0.3 is 6.03 Å². The highest BCUT2D eigenvalue weighted by atomic mass is 16.5. The molecular formula is C18H28N4O2. The number of nitrogens with zero attached hydrogens (tertiary/aromatic N) is 3. The minimum Gasteiger partial charge on any atom is -0.379 e. The summed E-state index contributed by atoms with van der Waals surface area (Å²) in [6.45, 7) is 4.30. The standard InChI is InChI=1S/C18H28N4O2/c1-24-17-5-3-2-4-16(17)20-18(23)22-12-10-21(11-13-22)14-15-6-8-19-9-7-15/h6-9,16-17H,2-5,10-14H2,1H3,(H,20,23)/t16-,17+/m1/s1. The van der Waals surface area contributed by atoms with Gasteiger partial charge in [-0.05, 0) is 30.5 Å². The topological polar surface area (TPSA) is 57.7 Å². The van der Waals surface area contributed by atoms with E-state index in [4.69, 9.17) is 4.74 Å². The first-order valence-electron chi connectivity index (χ1n) is 8.96. The van der Waals surface area contributed by atoms with E-state index < -0.39 is 0 Å². The first-order valence-corrected chi connectivity index (χ1v) is 8.96. The number of amides is 2. The Morgan fingerprint density at radius 3 is 2.62 bits per heavy atom. The van der Waals surface area contributed by atoms with Crippen molar-refractivity contribution in [3.63, 3.8) is 0 Å². The Morgan fingerprint density at radius 2 is 1.92 bits per heavy atom. The van der Waals surface area contributed by atoms with Crippen LogP contribution in [-0.2, 0) is 11.3 Å². The maximum atomic E-state index is 12.5. The van der Waals surface area contributed by atoms with Gasteiger partial charge in [-0.25, -0.2) is 4.79 Å². The summed E-state index contributed by atoms with van der Waals surface area (Å²) in [5.41, 5.74) is 1.27. The zero-order valence-electron chi connectivity index (χ0n) is 14.5. The van der Waals surface area contributed by atoms with Crippen LogP contribution in [0.4, 0.5) is 4.79 Å². The van der Waals surface area contributed by atoms with Crippen molar-refractivity contribution >= 4 is 6.03 Å². The minimum absolute atomic E-state index is 0.0625. The van der Waals surface area contributed by atoms with Crippen molar-refractivity contribution in [2.45, 2.75) is 44.4 Å². The van der Waals surface area contributed by atoms with Crippen molar-refractivity contribution in [2.24, 2.45) is 0 Å². The average molecular weight is 332 g/mol. The van der Waals surface area contributed by atoms with Gasteiger partial charge in [-0.1, -0.05) is 12.8 Å². The van der Waals surface area contributed by atoms with E-state index in [1.54, 1.807) is 7.11 Å². The van der Waals surface area contributed by atoms with Crippen LogP contribution in [0.2, 0.25) is 0 Å². The van der Waals surface area contributed by atoms with Crippen LogP contribution in [-0.4, -0.2) is 66.2 Å². The van der Waals surface area contributed by atoms with E-state index in [1.165, 1.54) is 18.4 Å². The number of methoxy groups -OCH3 is 1. The third kappa shape index (κ3) is 4.45. The Balaban J connectivity index is 1.45. The molecule has 1 saturated carbocycles. The molecule has 1 aliphatic heterocycles. The Kier molecular flexibility index (Phi) is 6.04. The number of carbonyl (C=O) groups excluding carboxylic acids is 1. The predicted molar refractivity (Wildman–Crippen MR) is 92.7 cm³/mol. The minimum atomic E-state index is 0.0625. The molecule has 0 unspecified atom stereocenters. The third-order valence-electron chi connectivity index (χ3n) is 5.13. The second-order valence-electron chi connectivity index (χ2n) is 6.73. The maximum absolute atomic E-state index is 12.5. The fourth-order valence-corrected chi connectivity index (χ4v) is 3.65. The number of piperazine rings is 1. The molecule has 3 rings (SSSR count). The van der Waals surface area contributed by atoms with Crippen LogP contribution in [0.5, 0.6) is 0 Å². The Labute approximate surface area is 144 Å². The molecule has 0 aromatic carbocycles. The van der Waals surface area contributed by atoms with E-state index in [2.05, 4.69) is 15.2 Å². The van der Waals surface area contributed by atoms with Gasteiger partial charge < -0.3 is 15.0 Å². The van der Waals surface area contributed by atoms with Crippen LogP contribution in [0.1, 0.15) is 31.2 Å². The van der Waals surface area contributed by atoms with E-state index in [0.29, 0.717) is 0 Å². The average Bonchev–Trinajstić information content (AvgIpc) is 2.63. The summed E-state index contributed by atoms with van der Waals surface area (Å²) in [7, 11) is 1.74. The molecule has 1 N–H and O–H groups in total. The Morgan fingerprint density at radius 1 is 1.21 bits per heavy atom. The first-order chi connectivity index (χ1) is 11.8. The number of ether oxygens (including phenoxy) is 1. The maximum Gasteiger partial charge on any atom is 0.317 e. The lowest BCUT2D eigenvalue weighted by molar-refractivity contribution is 0.0416.